The third kappa shape index (κ3) is 5.72. The van der Waals surface area contributed by atoms with Crippen LogP contribution in [0.4, 0.5) is 5.82 Å². The summed E-state index contributed by atoms with van der Waals surface area (Å²) in [6.45, 7) is 12.0. The molecule has 0 radical (unpaired) electrons. The third-order valence-corrected chi connectivity index (χ3v) is 7.98. The molecule has 1 aliphatic heterocycles. The lowest BCUT2D eigenvalue weighted by Crippen LogP contribution is -2.47. The van der Waals surface area contributed by atoms with E-state index in [0.29, 0.717) is 5.92 Å². The molecule has 35 heavy (non-hydrogen) atoms. The first-order valence-corrected chi connectivity index (χ1v) is 13.8. The van der Waals surface area contributed by atoms with Gasteiger partial charge in [0.1, 0.15) is 11.6 Å². The molecule has 0 spiro atoms. The molecular weight excluding hydrogens is 456 g/mol. The van der Waals surface area contributed by atoms with Crippen LogP contribution in [-0.4, -0.2) is 72.7 Å². The van der Waals surface area contributed by atoms with E-state index in [4.69, 9.17) is 9.97 Å². The number of thioether (sulfide) groups is 1. The summed E-state index contributed by atoms with van der Waals surface area (Å²) < 4.78 is 4.14. The molecule has 1 saturated heterocycles. The fourth-order valence-corrected chi connectivity index (χ4v) is 5.35. The van der Waals surface area contributed by atoms with E-state index in [-0.39, 0.29) is 5.41 Å². The average molecular weight is 495 g/mol. The number of hydrogen-bond donors (Lipinski definition) is 0. The Labute approximate surface area is 213 Å². The van der Waals surface area contributed by atoms with E-state index in [1.54, 1.807) is 11.8 Å². The summed E-state index contributed by atoms with van der Waals surface area (Å²) in [5, 5.41) is 9.80. The summed E-state index contributed by atoms with van der Waals surface area (Å²) in [6, 6.07) is 4.33. The van der Waals surface area contributed by atoms with E-state index in [1.807, 2.05) is 17.8 Å². The van der Waals surface area contributed by atoms with Gasteiger partial charge in [0.15, 0.2) is 11.0 Å². The van der Waals surface area contributed by atoms with Crippen molar-refractivity contribution in [1.29, 1.82) is 0 Å². The van der Waals surface area contributed by atoms with Gasteiger partial charge in [-0.2, -0.15) is 0 Å². The van der Waals surface area contributed by atoms with Crippen LogP contribution < -0.4 is 4.90 Å². The van der Waals surface area contributed by atoms with Gasteiger partial charge in [0, 0.05) is 87.1 Å². The highest BCUT2D eigenvalue weighted by atomic mass is 32.2. The fourth-order valence-electron chi connectivity index (χ4n) is 4.52. The first-order valence-electron chi connectivity index (χ1n) is 12.8. The van der Waals surface area contributed by atoms with Crippen molar-refractivity contribution in [3.05, 3.63) is 36.0 Å². The second-order valence-corrected chi connectivity index (χ2v) is 12.0. The van der Waals surface area contributed by atoms with Crippen molar-refractivity contribution in [2.24, 2.45) is 14.1 Å². The predicted molar refractivity (Wildman–Crippen MR) is 142 cm³/mol. The lowest BCUT2D eigenvalue weighted by Gasteiger charge is -2.36. The van der Waals surface area contributed by atoms with Crippen LogP contribution in [0, 0.1) is 0 Å². The minimum absolute atomic E-state index is 0.0241. The molecule has 1 aliphatic carbocycles. The van der Waals surface area contributed by atoms with Crippen molar-refractivity contribution in [2.45, 2.75) is 56.5 Å². The average Bonchev–Trinajstić information content (AvgIpc) is 3.51. The number of aryl methyl sites for hydroxylation is 1. The topological polar surface area (TPSA) is 67.9 Å². The molecular formula is C26H38N8S. The Hall–Kier alpha value is -2.39. The lowest BCUT2D eigenvalue weighted by atomic mass is 9.95. The summed E-state index contributed by atoms with van der Waals surface area (Å²) in [7, 11) is 4.08. The van der Waals surface area contributed by atoms with Crippen LogP contribution in [0.1, 0.15) is 57.5 Å². The largest absolute Gasteiger partial charge is 0.357 e. The Morgan fingerprint density at radius 1 is 1.03 bits per heavy atom. The van der Waals surface area contributed by atoms with Crippen molar-refractivity contribution in [2.75, 3.05) is 43.4 Å². The monoisotopic (exact) mass is 494 g/mol. The Morgan fingerprint density at radius 3 is 2.46 bits per heavy atom. The highest BCUT2D eigenvalue weighted by Crippen LogP contribution is 2.40. The SMILES string of the molecule is Cn1ccc(-c2nnc(SCCCN3CCN(c4cc(C5CC5)nc(C(C)(C)C)n4)CC3)n2C)c1. The Bertz CT molecular complexity index is 1150. The molecule has 0 unspecified atom stereocenters. The van der Waals surface area contributed by atoms with Gasteiger partial charge >= 0.3 is 0 Å². The molecule has 0 amide bonds. The molecule has 2 aliphatic rings. The van der Waals surface area contributed by atoms with Crippen LogP contribution in [0.3, 0.4) is 0 Å². The van der Waals surface area contributed by atoms with Gasteiger partial charge in [-0.15, -0.1) is 10.2 Å². The van der Waals surface area contributed by atoms with Gasteiger partial charge in [0.05, 0.1) is 0 Å². The molecule has 5 rings (SSSR count). The van der Waals surface area contributed by atoms with E-state index in [0.717, 1.165) is 73.1 Å². The maximum atomic E-state index is 4.98. The summed E-state index contributed by atoms with van der Waals surface area (Å²) in [5.41, 5.74) is 2.33. The molecule has 8 nitrogen and oxygen atoms in total. The van der Waals surface area contributed by atoms with E-state index in [9.17, 15) is 0 Å². The minimum atomic E-state index is -0.0241. The summed E-state index contributed by atoms with van der Waals surface area (Å²) in [5.74, 6) is 4.73. The van der Waals surface area contributed by atoms with E-state index in [1.165, 1.54) is 18.5 Å². The Balaban J connectivity index is 1.10. The molecule has 2 fully saturated rings. The van der Waals surface area contributed by atoms with Crippen LogP contribution >= 0.6 is 11.8 Å². The van der Waals surface area contributed by atoms with Crippen LogP contribution in [0.2, 0.25) is 0 Å². The first kappa shape index (κ1) is 24.3. The maximum Gasteiger partial charge on any atom is 0.191 e. The van der Waals surface area contributed by atoms with Gasteiger partial charge in [-0.1, -0.05) is 32.5 Å². The Morgan fingerprint density at radius 2 is 1.80 bits per heavy atom. The van der Waals surface area contributed by atoms with Crippen LogP contribution in [0.25, 0.3) is 11.4 Å². The zero-order valence-electron chi connectivity index (χ0n) is 21.7. The van der Waals surface area contributed by atoms with Gasteiger partial charge < -0.3 is 14.0 Å². The van der Waals surface area contributed by atoms with Gasteiger partial charge in [0.2, 0.25) is 0 Å². The smallest absolute Gasteiger partial charge is 0.191 e. The van der Waals surface area contributed by atoms with Gasteiger partial charge in [0.25, 0.3) is 0 Å². The third-order valence-electron chi connectivity index (χ3n) is 6.87. The molecule has 4 heterocycles. The fraction of sp³-hybridized carbons (Fsp3) is 0.615. The number of rotatable bonds is 8. The van der Waals surface area contributed by atoms with E-state index in [2.05, 4.69) is 70.7 Å². The molecule has 9 heteroatoms. The molecule has 1 saturated carbocycles. The van der Waals surface area contributed by atoms with E-state index < -0.39 is 0 Å². The number of anilines is 1. The molecule has 0 atom stereocenters. The van der Waals surface area contributed by atoms with Crippen molar-refractivity contribution in [1.82, 2.24) is 34.2 Å². The molecule has 3 aromatic heterocycles. The summed E-state index contributed by atoms with van der Waals surface area (Å²) in [4.78, 5) is 14.9. The van der Waals surface area contributed by atoms with Gasteiger partial charge in [-0.05, 0) is 31.9 Å². The molecule has 0 bridgehead atoms. The summed E-state index contributed by atoms with van der Waals surface area (Å²) >= 11 is 1.80. The number of hydrogen-bond acceptors (Lipinski definition) is 7. The van der Waals surface area contributed by atoms with E-state index >= 15 is 0 Å². The first-order chi connectivity index (χ1) is 16.8. The van der Waals surface area contributed by atoms with Crippen molar-refractivity contribution < 1.29 is 0 Å². The Kier molecular flexibility index (Phi) is 6.90. The van der Waals surface area contributed by atoms with Crippen molar-refractivity contribution in [3.63, 3.8) is 0 Å². The quantitative estimate of drug-likeness (QED) is 0.345. The lowest BCUT2D eigenvalue weighted by molar-refractivity contribution is 0.258. The second kappa shape index (κ2) is 9.93. The molecule has 0 N–H and O–H groups in total. The molecule has 188 valence electrons. The number of aromatic nitrogens is 6. The molecule has 3 aromatic rings. The number of piperazine rings is 1. The van der Waals surface area contributed by atoms with Crippen LogP contribution in [0.5, 0.6) is 0 Å². The highest BCUT2D eigenvalue weighted by Gasteiger charge is 2.29. The minimum Gasteiger partial charge on any atom is -0.357 e. The summed E-state index contributed by atoms with van der Waals surface area (Å²) in [6.07, 6.45) is 7.81. The van der Waals surface area contributed by atoms with Crippen LogP contribution in [-0.2, 0) is 19.5 Å². The van der Waals surface area contributed by atoms with Gasteiger partial charge in [-0.25, -0.2) is 9.97 Å². The van der Waals surface area contributed by atoms with Gasteiger partial charge in [-0.3, -0.25) is 4.90 Å². The second-order valence-electron chi connectivity index (χ2n) is 11.0. The normalized spacial score (nSPS) is 17.3. The highest BCUT2D eigenvalue weighted by molar-refractivity contribution is 7.99. The number of nitrogens with zero attached hydrogens (tertiary/aromatic N) is 8. The maximum absolute atomic E-state index is 4.98. The standard InChI is InChI=1S/C26H38N8S/c1-26(2,3)24-27-21(19-7-8-19)17-22(28-24)34-14-12-33(13-15-34)10-6-16-35-25-30-29-23(32(25)5)20-9-11-31(4)18-20/h9,11,17-19H,6-8,10,12-16H2,1-5H3. The van der Waals surface area contributed by atoms with Crippen molar-refractivity contribution >= 4 is 17.6 Å². The predicted octanol–water partition coefficient (Wildman–Crippen LogP) is 4.09. The van der Waals surface area contributed by atoms with Crippen LogP contribution in [0.15, 0.2) is 29.7 Å². The zero-order valence-corrected chi connectivity index (χ0v) is 22.6. The van der Waals surface area contributed by atoms with Crippen molar-refractivity contribution in [3.8, 4) is 11.4 Å². The zero-order chi connectivity index (χ0) is 24.6. The molecule has 0 aromatic carbocycles.